The van der Waals surface area contributed by atoms with Crippen LogP contribution in [-0.4, -0.2) is 47.8 Å². The molecule has 6 heteroatoms. The first-order valence-electron chi connectivity index (χ1n) is 9.51. The van der Waals surface area contributed by atoms with Gasteiger partial charge in [-0.1, -0.05) is 35.9 Å². The number of aryl methyl sites for hydroxylation is 2. The van der Waals surface area contributed by atoms with Crippen LogP contribution in [0.3, 0.4) is 0 Å². The Morgan fingerprint density at radius 1 is 0.964 bits per heavy atom. The smallest absolute Gasteiger partial charge is 0.253 e. The van der Waals surface area contributed by atoms with Gasteiger partial charge in [0.05, 0.1) is 0 Å². The van der Waals surface area contributed by atoms with Crippen molar-refractivity contribution < 1.29 is 9.59 Å². The van der Waals surface area contributed by atoms with Crippen molar-refractivity contribution in [3.8, 4) is 0 Å². The number of nitrogens with two attached hydrogens (primary N) is 1. The first-order chi connectivity index (χ1) is 13.0. The highest BCUT2D eigenvalue weighted by Gasteiger charge is 2.22. The van der Waals surface area contributed by atoms with Gasteiger partial charge in [-0.15, -0.1) is 12.4 Å². The first kappa shape index (κ1) is 21.8. The Labute approximate surface area is 172 Å². The van der Waals surface area contributed by atoms with Gasteiger partial charge in [0.25, 0.3) is 5.91 Å². The number of nitrogens with zero attached hydrogens (tertiary/aromatic N) is 2. The highest BCUT2D eigenvalue weighted by atomic mass is 35.5. The van der Waals surface area contributed by atoms with Crippen LogP contribution < -0.4 is 5.73 Å². The minimum Gasteiger partial charge on any atom is -0.399 e. The summed E-state index contributed by atoms with van der Waals surface area (Å²) in [7, 11) is 0. The second kappa shape index (κ2) is 10.1. The molecule has 2 amide bonds. The molecule has 0 bridgehead atoms. The van der Waals surface area contributed by atoms with Crippen molar-refractivity contribution in [3.63, 3.8) is 0 Å². The van der Waals surface area contributed by atoms with Crippen LogP contribution in [0.2, 0.25) is 0 Å². The van der Waals surface area contributed by atoms with E-state index in [1.54, 1.807) is 0 Å². The first-order valence-corrected chi connectivity index (χ1v) is 9.51. The van der Waals surface area contributed by atoms with Gasteiger partial charge in [0.15, 0.2) is 0 Å². The molecule has 0 aliphatic carbocycles. The van der Waals surface area contributed by atoms with Crippen molar-refractivity contribution in [1.82, 2.24) is 9.80 Å². The lowest BCUT2D eigenvalue weighted by molar-refractivity contribution is -0.131. The van der Waals surface area contributed by atoms with Crippen LogP contribution in [0.5, 0.6) is 0 Å². The van der Waals surface area contributed by atoms with E-state index in [-0.39, 0.29) is 24.2 Å². The summed E-state index contributed by atoms with van der Waals surface area (Å²) in [5.41, 5.74) is 9.50. The van der Waals surface area contributed by atoms with Gasteiger partial charge in [-0.3, -0.25) is 9.59 Å². The fraction of sp³-hybridized carbons (Fsp3) is 0.364. The van der Waals surface area contributed by atoms with Gasteiger partial charge in [0.1, 0.15) is 0 Å². The van der Waals surface area contributed by atoms with Crippen molar-refractivity contribution in [2.24, 2.45) is 0 Å². The lowest BCUT2D eigenvalue weighted by atomic mass is 10.1. The summed E-state index contributed by atoms with van der Waals surface area (Å²) in [5.74, 6) is 0.174. The fourth-order valence-electron chi connectivity index (χ4n) is 3.49. The summed E-state index contributed by atoms with van der Waals surface area (Å²) in [5, 5.41) is 0. The zero-order valence-corrected chi connectivity index (χ0v) is 17.1. The predicted molar refractivity (Wildman–Crippen MR) is 115 cm³/mol. The molecule has 28 heavy (non-hydrogen) atoms. The van der Waals surface area contributed by atoms with Crippen LogP contribution in [0.1, 0.15) is 34.3 Å². The molecule has 2 aromatic carbocycles. The summed E-state index contributed by atoms with van der Waals surface area (Å²) in [6.45, 7) is 4.52. The van der Waals surface area contributed by atoms with E-state index in [1.807, 2.05) is 65.3 Å². The number of rotatable bonds is 4. The molecule has 1 aliphatic heterocycles. The number of hydrogen-bond acceptors (Lipinski definition) is 3. The van der Waals surface area contributed by atoms with Crippen molar-refractivity contribution >= 4 is 29.9 Å². The number of nitrogen functional groups attached to an aromatic ring is 1. The SMILES string of the molecule is Cc1cccc(C(=O)N2CCCN(C(=O)CCc3ccccc3N)CC2)c1.Cl. The van der Waals surface area contributed by atoms with E-state index in [2.05, 4.69) is 0 Å². The van der Waals surface area contributed by atoms with E-state index >= 15 is 0 Å². The van der Waals surface area contributed by atoms with Crippen LogP contribution in [0.25, 0.3) is 0 Å². The largest absolute Gasteiger partial charge is 0.399 e. The van der Waals surface area contributed by atoms with E-state index in [9.17, 15) is 9.59 Å². The second-order valence-corrected chi connectivity index (χ2v) is 7.09. The second-order valence-electron chi connectivity index (χ2n) is 7.09. The molecule has 1 aliphatic rings. The molecule has 1 heterocycles. The lowest BCUT2D eigenvalue weighted by Crippen LogP contribution is -2.37. The van der Waals surface area contributed by atoms with Crippen LogP contribution in [0.15, 0.2) is 48.5 Å². The minimum atomic E-state index is 0. The van der Waals surface area contributed by atoms with E-state index in [0.717, 1.165) is 23.2 Å². The highest BCUT2D eigenvalue weighted by molar-refractivity contribution is 5.94. The Kier molecular flexibility index (Phi) is 7.88. The number of para-hydroxylation sites is 1. The molecule has 0 unspecified atom stereocenters. The van der Waals surface area contributed by atoms with Crippen molar-refractivity contribution in [2.45, 2.75) is 26.2 Å². The third-order valence-corrected chi connectivity index (χ3v) is 5.06. The molecule has 0 aromatic heterocycles. The van der Waals surface area contributed by atoms with E-state index in [1.165, 1.54) is 0 Å². The molecule has 1 saturated heterocycles. The zero-order valence-electron chi connectivity index (χ0n) is 16.3. The lowest BCUT2D eigenvalue weighted by Gasteiger charge is -2.22. The maximum atomic E-state index is 12.7. The van der Waals surface area contributed by atoms with Gasteiger partial charge < -0.3 is 15.5 Å². The van der Waals surface area contributed by atoms with E-state index < -0.39 is 0 Å². The van der Waals surface area contributed by atoms with Gasteiger partial charge in [-0.05, 0) is 43.5 Å². The summed E-state index contributed by atoms with van der Waals surface area (Å²) in [4.78, 5) is 29.1. The minimum absolute atomic E-state index is 0. The van der Waals surface area contributed by atoms with Gasteiger partial charge in [-0.25, -0.2) is 0 Å². The number of hydrogen-bond donors (Lipinski definition) is 1. The molecule has 0 spiro atoms. The van der Waals surface area contributed by atoms with Crippen molar-refractivity contribution in [2.75, 3.05) is 31.9 Å². The monoisotopic (exact) mass is 401 g/mol. The fourth-order valence-corrected chi connectivity index (χ4v) is 3.49. The third kappa shape index (κ3) is 5.49. The summed E-state index contributed by atoms with van der Waals surface area (Å²) < 4.78 is 0. The number of amides is 2. The molecule has 0 saturated carbocycles. The van der Waals surface area contributed by atoms with Crippen LogP contribution in [0.4, 0.5) is 5.69 Å². The van der Waals surface area contributed by atoms with Crippen LogP contribution >= 0.6 is 12.4 Å². The number of anilines is 1. The van der Waals surface area contributed by atoms with Gasteiger partial charge in [0, 0.05) is 43.9 Å². The summed E-state index contributed by atoms with van der Waals surface area (Å²) in [6, 6.07) is 15.3. The average Bonchev–Trinajstić information content (AvgIpc) is 2.93. The van der Waals surface area contributed by atoms with Gasteiger partial charge in [-0.2, -0.15) is 0 Å². The zero-order chi connectivity index (χ0) is 19.2. The quantitative estimate of drug-likeness (QED) is 0.799. The molecule has 150 valence electrons. The molecular formula is C22H28ClN3O2. The maximum Gasteiger partial charge on any atom is 0.253 e. The molecule has 2 aromatic rings. The van der Waals surface area contributed by atoms with Crippen LogP contribution in [0, 0.1) is 6.92 Å². The number of halogens is 1. The van der Waals surface area contributed by atoms with Crippen molar-refractivity contribution in [1.29, 1.82) is 0 Å². The molecule has 0 atom stereocenters. The molecule has 3 rings (SSSR count). The Hall–Kier alpha value is -2.53. The van der Waals surface area contributed by atoms with Crippen LogP contribution in [-0.2, 0) is 11.2 Å². The average molecular weight is 402 g/mol. The molecular weight excluding hydrogens is 374 g/mol. The van der Waals surface area contributed by atoms with E-state index in [4.69, 9.17) is 5.73 Å². The Balaban J connectivity index is 0.00000280. The molecule has 1 fully saturated rings. The number of carbonyl (C=O) groups is 2. The Morgan fingerprint density at radius 2 is 1.68 bits per heavy atom. The molecule has 5 nitrogen and oxygen atoms in total. The standard InChI is InChI=1S/C22H27N3O2.ClH/c1-17-6-4-8-19(16-17)22(27)25-13-5-12-24(14-15-25)21(26)11-10-18-7-2-3-9-20(18)23;/h2-4,6-9,16H,5,10-15,23H2,1H3;1H. The van der Waals surface area contributed by atoms with Gasteiger partial charge >= 0.3 is 0 Å². The summed E-state index contributed by atoms with van der Waals surface area (Å²) >= 11 is 0. The normalized spacial score (nSPS) is 14.2. The Bertz CT molecular complexity index is 825. The topological polar surface area (TPSA) is 66.6 Å². The predicted octanol–water partition coefficient (Wildman–Crippen LogP) is 3.31. The third-order valence-electron chi connectivity index (χ3n) is 5.06. The number of carbonyl (C=O) groups excluding carboxylic acids is 2. The van der Waals surface area contributed by atoms with Gasteiger partial charge in [0.2, 0.25) is 5.91 Å². The Morgan fingerprint density at radius 3 is 2.43 bits per heavy atom. The maximum absolute atomic E-state index is 12.7. The van der Waals surface area contributed by atoms with E-state index in [0.29, 0.717) is 44.6 Å². The number of benzene rings is 2. The molecule has 2 N–H and O–H groups in total. The summed E-state index contributed by atoms with van der Waals surface area (Å²) in [6.07, 6.45) is 1.89. The molecule has 0 radical (unpaired) electrons. The highest BCUT2D eigenvalue weighted by Crippen LogP contribution is 2.15. The van der Waals surface area contributed by atoms with Crippen molar-refractivity contribution in [3.05, 3.63) is 65.2 Å².